The van der Waals surface area contributed by atoms with E-state index in [1.807, 2.05) is 63.2 Å². The van der Waals surface area contributed by atoms with Crippen molar-refractivity contribution < 1.29 is 18.4 Å². The molecular formula is C27H44O4Si. The lowest BCUT2D eigenvalue weighted by Crippen LogP contribution is -2.56. The summed E-state index contributed by atoms with van der Waals surface area (Å²) in [5.41, 5.74) is 3.65. The van der Waals surface area contributed by atoms with Gasteiger partial charge in [0, 0.05) is 30.6 Å². The fraction of sp³-hybridized carbons (Fsp3) is 0.556. The summed E-state index contributed by atoms with van der Waals surface area (Å²) in [5, 5.41) is 11.1. The third-order valence-corrected chi connectivity index (χ3v) is 8.07. The Morgan fingerprint density at radius 3 is 1.47 bits per heavy atom. The van der Waals surface area contributed by atoms with E-state index in [1.165, 1.54) is 11.1 Å². The Morgan fingerprint density at radius 2 is 1.12 bits per heavy atom. The first kappa shape index (κ1) is 28.4. The zero-order chi connectivity index (χ0) is 24.6. The topological polar surface area (TPSA) is 47.9 Å². The van der Waals surface area contributed by atoms with Crippen LogP contribution < -0.4 is 5.19 Å². The molecule has 0 aliphatic carbocycles. The molecule has 0 unspecified atom stereocenters. The number of aromatic hydroxyl groups is 1. The van der Waals surface area contributed by atoms with E-state index in [1.54, 1.807) is 0 Å². The minimum absolute atomic E-state index is 0.0291. The first-order valence-electron chi connectivity index (χ1n) is 11.6. The van der Waals surface area contributed by atoms with Gasteiger partial charge in [-0.3, -0.25) is 0 Å². The van der Waals surface area contributed by atoms with Crippen LogP contribution in [0.1, 0.15) is 79.0 Å². The van der Waals surface area contributed by atoms with E-state index in [2.05, 4.69) is 48.5 Å². The van der Waals surface area contributed by atoms with Crippen molar-refractivity contribution in [3.63, 3.8) is 0 Å². The van der Waals surface area contributed by atoms with Gasteiger partial charge in [0.1, 0.15) is 5.75 Å². The summed E-state index contributed by atoms with van der Waals surface area (Å²) >= 11 is 0. The third kappa shape index (κ3) is 7.44. The lowest BCUT2D eigenvalue weighted by molar-refractivity contribution is 0.0859. The molecular weight excluding hydrogens is 416 g/mol. The summed E-state index contributed by atoms with van der Waals surface area (Å²) in [4.78, 5) is 0. The zero-order valence-electron chi connectivity index (χ0n) is 21.8. The van der Waals surface area contributed by atoms with Crippen molar-refractivity contribution in [1.29, 1.82) is 0 Å². The van der Waals surface area contributed by atoms with Crippen molar-refractivity contribution in [2.75, 3.05) is 19.8 Å². The fourth-order valence-corrected chi connectivity index (χ4v) is 6.50. The van der Waals surface area contributed by atoms with Crippen LogP contribution in [0.4, 0.5) is 0 Å². The van der Waals surface area contributed by atoms with E-state index in [9.17, 15) is 5.11 Å². The number of hydrogen-bond acceptors (Lipinski definition) is 4. The molecule has 32 heavy (non-hydrogen) atoms. The zero-order valence-corrected chi connectivity index (χ0v) is 22.8. The lowest BCUT2D eigenvalue weighted by atomic mass is 9.73. The van der Waals surface area contributed by atoms with Gasteiger partial charge in [-0.2, -0.15) is 0 Å². The standard InChI is InChI=1S/C15H24O.C12H20O3Si/c1-10-8-9-11(16)13(15(5,6)7)12(10)14(2,3)4;1-4-13-16(14-5-2,15-6-3)12-10-8-7-9-11-12/h8-9,16H,1-7H3;7-11H,4-6H2,1-3H3. The maximum Gasteiger partial charge on any atom is 0.537 e. The van der Waals surface area contributed by atoms with Crippen molar-refractivity contribution in [3.8, 4) is 5.75 Å². The maximum atomic E-state index is 10.1. The van der Waals surface area contributed by atoms with Gasteiger partial charge < -0.3 is 18.4 Å². The van der Waals surface area contributed by atoms with Gasteiger partial charge in [-0.15, -0.1) is 0 Å². The van der Waals surface area contributed by atoms with Gasteiger partial charge in [-0.25, -0.2) is 0 Å². The Kier molecular flexibility index (Phi) is 10.6. The molecule has 0 atom stereocenters. The average Bonchev–Trinajstić information content (AvgIpc) is 2.69. The van der Waals surface area contributed by atoms with E-state index >= 15 is 0 Å². The van der Waals surface area contributed by atoms with Crippen LogP contribution in [-0.2, 0) is 24.1 Å². The van der Waals surface area contributed by atoms with Gasteiger partial charge in [0.25, 0.3) is 0 Å². The number of hydrogen-bond donors (Lipinski definition) is 1. The SMILES string of the molecule is CCO[Si](OCC)(OCC)c1ccccc1.Cc1ccc(O)c(C(C)(C)C)c1C(C)(C)C. The molecule has 2 aromatic carbocycles. The molecule has 0 bridgehead atoms. The highest BCUT2D eigenvalue weighted by Gasteiger charge is 2.42. The monoisotopic (exact) mass is 460 g/mol. The van der Waals surface area contributed by atoms with Gasteiger partial charge in [0.05, 0.1) is 0 Å². The summed E-state index contributed by atoms with van der Waals surface area (Å²) in [7, 11) is -2.67. The van der Waals surface area contributed by atoms with Gasteiger partial charge >= 0.3 is 8.80 Å². The Labute approximate surface area is 197 Å². The molecule has 4 nitrogen and oxygen atoms in total. The van der Waals surface area contributed by atoms with Crippen LogP contribution in [0.15, 0.2) is 42.5 Å². The number of aryl methyl sites for hydroxylation is 1. The Morgan fingerprint density at radius 1 is 0.688 bits per heavy atom. The smallest absolute Gasteiger partial charge is 0.508 e. The van der Waals surface area contributed by atoms with Crippen molar-refractivity contribution in [1.82, 2.24) is 0 Å². The van der Waals surface area contributed by atoms with E-state index < -0.39 is 8.80 Å². The van der Waals surface area contributed by atoms with Crippen LogP contribution in [0.5, 0.6) is 5.75 Å². The minimum Gasteiger partial charge on any atom is -0.508 e. The van der Waals surface area contributed by atoms with E-state index in [0.29, 0.717) is 25.6 Å². The highest BCUT2D eigenvalue weighted by molar-refractivity contribution is 6.75. The predicted molar refractivity (Wildman–Crippen MR) is 137 cm³/mol. The number of phenolic OH excluding ortho intramolecular Hbond substituents is 1. The van der Waals surface area contributed by atoms with Crippen molar-refractivity contribution >= 4 is 14.0 Å². The molecule has 0 amide bonds. The van der Waals surface area contributed by atoms with Crippen LogP contribution in [0.3, 0.4) is 0 Å². The predicted octanol–water partition coefficient (Wildman–Crippen LogP) is 6.24. The van der Waals surface area contributed by atoms with E-state index in [4.69, 9.17) is 13.3 Å². The lowest BCUT2D eigenvalue weighted by Gasteiger charge is -2.32. The van der Waals surface area contributed by atoms with Crippen molar-refractivity contribution in [2.45, 2.75) is 80.1 Å². The van der Waals surface area contributed by atoms with Gasteiger partial charge in [0.15, 0.2) is 0 Å². The molecule has 2 rings (SSSR count). The van der Waals surface area contributed by atoms with Crippen LogP contribution >= 0.6 is 0 Å². The molecule has 0 fully saturated rings. The number of rotatable bonds is 7. The minimum atomic E-state index is -2.67. The van der Waals surface area contributed by atoms with Gasteiger partial charge in [-0.05, 0) is 55.7 Å². The van der Waals surface area contributed by atoms with Crippen LogP contribution in [0.2, 0.25) is 0 Å². The molecule has 0 saturated carbocycles. The largest absolute Gasteiger partial charge is 0.537 e. The normalized spacial score (nSPS) is 12.3. The highest BCUT2D eigenvalue weighted by Crippen LogP contribution is 2.40. The molecule has 0 aromatic heterocycles. The highest BCUT2D eigenvalue weighted by atomic mass is 28.4. The maximum absolute atomic E-state index is 10.1. The third-order valence-electron chi connectivity index (χ3n) is 5.02. The van der Waals surface area contributed by atoms with Crippen LogP contribution in [0.25, 0.3) is 0 Å². The molecule has 0 heterocycles. The molecule has 5 heteroatoms. The Bertz CT molecular complexity index is 764. The van der Waals surface area contributed by atoms with E-state index in [-0.39, 0.29) is 10.8 Å². The molecule has 0 radical (unpaired) electrons. The first-order chi connectivity index (χ1) is 14.8. The molecule has 180 valence electrons. The summed E-state index contributed by atoms with van der Waals surface area (Å²) in [6.45, 7) is 22.8. The summed E-state index contributed by atoms with van der Waals surface area (Å²) in [5.74, 6) is 0.419. The molecule has 1 N–H and O–H groups in total. The molecule has 0 aliphatic rings. The fourth-order valence-electron chi connectivity index (χ4n) is 4.01. The summed E-state index contributed by atoms with van der Waals surface area (Å²) < 4.78 is 17.4. The second-order valence-corrected chi connectivity index (χ2v) is 12.4. The summed E-state index contributed by atoms with van der Waals surface area (Å²) in [6, 6.07) is 13.8. The van der Waals surface area contributed by atoms with Crippen molar-refractivity contribution in [2.24, 2.45) is 0 Å². The van der Waals surface area contributed by atoms with Gasteiger partial charge in [-0.1, -0.05) is 77.9 Å². The summed E-state index contributed by atoms with van der Waals surface area (Å²) in [6.07, 6.45) is 0. The number of benzene rings is 2. The molecule has 0 saturated heterocycles. The van der Waals surface area contributed by atoms with E-state index in [0.717, 1.165) is 10.8 Å². The quantitative estimate of drug-likeness (QED) is 0.497. The Hall–Kier alpha value is -1.66. The Balaban J connectivity index is 0.000000320. The molecule has 0 aliphatic heterocycles. The van der Waals surface area contributed by atoms with Crippen molar-refractivity contribution in [3.05, 3.63) is 59.2 Å². The van der Waals surface area contributed by atoms with Crippen LogP contribution in [0, 0.1) is 6.92 Å². The molecule has 2 aromatic rings. The first-order valence-corrected chi connectivity index (χ1v) is 13.4. The van der Waals surface area contributed by atoms with Crippen LogP contribution in [-0.4, -0.2) is 33.7 Å². The average molecular weight is 461 g/mol. The second-order valence-electron chi connectivity index (χ2n) is 9.87. The second kappa shape index (κ2) is 12.0. The number of phenols is 1. The van der Waals surface area contributed by atoms with Gasteiger partial charge in [0.2, 0.25) is 0 Å². The molecule has 0 spiro atoms.